The largest absolute Gasteiger partial charge is 0.502 e. The molecule has 0 aliphatic heterocycles. The Kier molecular flexibility index (Phi) is 2.41. The fourth-order valence-electron chi connectivity index (χ4n) is 0.818. The minimum atomic E-state index is -4.45. The third-order valence-corrected chi connectivity index (χ3v) is 2.29. The van der Waals surface area contributed by atoms with Gasteiger partial charge in [-0.2, -0.15) is 8.42 Å². The second-order valence-corrected chi connectivity index (χ2v) is 3.80. The Morgan fingerprint density at radius 2 is 1.93 bits per heavy atom. The Labute approximate surface area is 78.5 Å². The molecule has 76 valence electrons. The predicted molar refractivity (Wildman–Crippen MR) is 44.6 cm³/mol. The monoisotopic (exact) mass is 219 g/mol. The number of phenolic OH excluding ortho intramolecular Hbond substituents is 1. The molecule has 0 bridgehead atoms. The zero-order valence-corrected chi connectivity index (χ0v) is 7.43. The van der Waals surface area contributed by atoms with Gasteiger partial charge in [0.15, 0.2) is 5.75 Å². The van der Waals surface area contributed by atoms with Gasteiger partial charge in [0.1, 0.15) is 0 Å². The molecule has 7 nitrogen and oxygen atoms in total. The molecule has 1 aromatic rings. The molecule has 0 aliphatic carbocycles. The normalized spacial score (nSPS) is 11.2. The van der Waals surface area contributed by atoms with Crippen LogP contribution in [0.1, 0.15) is 0 Å². The number of nitro benzene ring substituents is 1. The van der Waals surface area contributed by atoms with Gasteiger partial charge in [-0.15, -0.1) is 0 Å². The van der Waals surface area contributed by atoms with Gasteiger partial charge in [0.25, 0.3) is 10.1 Å². The Morgan fingerprint density at radius 1 is 1.36 bits per heavy atom. The highest BCUT2D eigenvalue weighted by Crippen LogP contribution is 2.27. The molecule has 0 aliphatic rings. The maximum atomic E-state index is 10.5. The predicted octanol–water partition coefficient (Wildman–Crippen LogP) is 0.547. The van der Waals surface area contributed by atoms with Crippen molar-refractivity contribution in [2.75, 3.05) is 0 Å². The molecular formula is C6H5NO6S. The smallest absolute Gasteiger partial charge is 0.310 e. The third kappa shape index (κ3) is 1.98. The zero-order chi connectivity index (χ0) is 10.9. The van der Waals surface area contributed by atoms with E-state index in [1.54, 1.807) is 0 Å². The van der Waals surface area contributed by atoms with Crippen molar-refractivity contribution in [2.45, 2.75) is 4.90 Å². The summed E-state index contributed by atoms with van der Waals surface area (Å²) in [5, 5.41) is 19.2. The lowest BCUT2D eigenvalue weighted by Gasteiger charge is -1.98. The van der Waals surface area contributed by atoms with E-state index in [2.05, 4.69) is 0 Å². The van der Waals surface area contributed by atoms with E-state index >= 15 is 0 Å². The molecule has 14 heavy (non-hydrogen) atoms. The van der Waals surface area contributed by atoms with E-state index in [0.29, 0.717) is 6.07 Å². The van der Waals surface area contributed by atoms with E-state index in [1.807, 2.05) is 0 Å². The van der Waals surface area contributed by atoms with Crippen LogP contribution in [0.15, 0.2) is 23.1 Å². The minimum Gasteiger partial charge on any atom is -0.502 e. The second kappa shape index (κ2) is 3.24. The van der Waals surface area contributed by atoms with Crippen LogP contribution in [0.3, 0.4) is 0 Å². The first kappa shape index (κ1) is 10.4. The van der Waals surface area contributed by atoms with Crippen LogP contribution in [-0.2, 0) is 10.1 Å². The van der Waals surface area contributed by atoms with E-state index in [-0.39, 0.29) is 0 Å². The molecule has 0 radical (unpaired) electrons. The van der Waals surface area contributed by atoms with E-state index < -0.39 is 31.4 Å². The van der Waals surface area contributed by atoms with Gasteiger partial charge in [0, 0.05) is 12.1 Å². The Balaban J connectivity index is 3.34. The van der Waals surface area contributed by atoms with Crippen LogP contribution in [0.5, 0.6) is 5.75 Å². The average molecular weight is 219 g/mol. The molecule has 0 atom stereocenters. The molecule has 1 rings (SSSR count). The number of hydrogen-bond acceptors (Lipinski definition) is 5. The zero-order valence-electron chi connectivity index (χ0n) is 6.61. The van der Waals surface area contributed by atoms with Crippen LogP contribution in [0, 0.1) is 10.1 Å². The van der Waals surface area contributed by atoms with Gasteiger partial charge in [-0.05, 0) is 6.07 Å². The van der Waals surface area contributed by atoms with Crippen molar-refractivity contribution in [2.24, 2.45) is 0 Å². The van der Waals surface area contributed by atoms with E-state index in [9.17, 15) is 18.5 Å². The van der Waals surface area contributed by atoms with Gasteiger partial charge in [-0.1, -0.05) is 0 Å². The van der Waals surface area contributed by atoms with Gasteiger partial charge in [0.05, 0.1) is 9.82 Å². The Bertz CT molecular complexity index is 479. The summed E-state index contributed by atoms with van der Waals surface area (Å²) >= 11 is 0. The van der Waals surface area contributed by atoms with Crippen molar-refractivity contribution in [1.29, 1.82) is 0 Å². The standard InChI is InChI=1S/C6H5NO6S/c8-6-3-4(14(11,12)13)1-2-5(6)7(9)10/h1-3,8H,(H,11,12,13). The summed E-state index contributed by atoms with van der Waals surface area (Å²) < 4.78 is 29.6. The molecule has 0 heterocycles. The second-order valence-electron chi connectivity index (χ2n) is 2.38. The SMILES string of the molecule is O=[N+]([O-])c1ccc(S(=O)(=O)O)cc1O. The molecule has 8 heteroatoms. The van der Waals surface area contributed by atoms with E-state index in [4.69, 9.17) is 9.66 Å². The van der Waals surface area contributed by atoms with E-state index in [1.165, 1.54) is 0 Å². The highest BCUT2D eigenvalue weighted by atomic mass is 32.2. The maximum absolute atomic E-state index is 10.5. The summed E-state index contributed by atoms with van der Waals surface area (Å²) in [5.41, 5.74) is -0.627. The van der Waals surface area contributed by atoms with Gasteiger partial charge in [-0.3, -0.25) is 14.7 Å². The lowest BCUT2D eigenvalue weighted by Crippen LogP contribution is -1.98. The quantitative estimate of drug-likeness (QED) is 0.426. The lowest BCUT2D eigenvalue weighted by atomic mass is 10.3. The Hall–Kier alpha value is -1.67. The number of hydrogen-bond donors (Lipinski definition) is 2. The van der Waals surface area contributed by atoms with Crippen molar-refractivity contribution in [3.8, 4) is 5.75 Å². The highest BCUT2D eigenvalue weighted by molar-refractivity contribution is 7.85. The van der Waals surface area contributed by atoms with Crippen LogP contribution in [0.25, 0.3) is 0 Å². The number of rotatable bonds is 2. The molecule has 0 saturated carbocycles. The van der Waals surface area contributed by atoms with Crippen molar-refractivity contribution in [3.63, 3.8) is 0 Å². The number of aromatic hydroxyl groups is 1. The maximum Gasteiger partial charge on any atom is 0.310 e. The summed E-state index contributed by atoms with van der Waals surface area (Å²) in [6.07, 6.45) is 0. The molecular weight excluding hydrogens is 214 g/mol. The summed E-state index contributed by atoms with van der Waals surface area (Å²) in [6, 6.07) is 2.22. The Morgan fingerprint density at radius 3 is 2.29 bits per heavy atom. The third-order valence-electron chi connectivity index (χ3n) is 1.44. The lowest BCUT2D eigenvalue weighted by molar-refractivity contribution is -0.385. The first-order chi connectivity index (χ1) is 6.32. The molecule has 0 spiro atoms. The van der Waals surface area contributed by atoms with Crippen LogP contribution in [0.4, 0.5) is 5.69 Å². The number of nitrogens with zero attached hydrogens (tertiary/aromatic N) is 1. The highest BCUT2D eigenvalue weighted by Gasteiger charge is 2.17. The molecule has 1 aromatic carbocycles. The van der Waals surface area contributed by atoms with Gasteiger partial charge in [0.2, 0.25) is 0 Å². The summed E-state index contributed by atoms with van der Waals surface area (Å²) in [6.45, 7) is 0. The molecule has 0 fully saturated rings. The van der Waals surface area contributed by atoms with Gasteiger partial charge in [-0.25, -0.2) is 0 Å². The van der Waals surface area contributed by atoms with E-state index in [0.717, 1.165) is 12.1 Å². The fourth-order valence-corrected chi connectivity index (χ4v) is 1.32. The number of phenols is 1. The molecule has 0 saturated heterocycles. The van der Waals surface area contributed by atoms with Crippen LogP contribution in [0.2, 0.25) is 0 Å². The van der Waals surface area contributed by atoms with Crippen molar-refractivity contribution >= 4 is 15.8 Å². The first-order valence-electron chi connectivity index (χ1n) is 3.27. The number of nitro groups is 1. The molecule has 2 N–H and O–H groups in total. The minimum absolute atomic E-state index is 0.597. The first-order valence-corrected chi connectivity index (χ1v) is 4.71. The molecule has 0 unspecified atom stereocenters. The van der Waals surface area contributed by atoms with Crippen molar-refractivity contribution in [3.05, 3.63) is 28.3 Å². The van der Waals surface area contributed by atoms with Crippen molar-refractivity contribution < 1.29 is 23.0 Å². The summed E-state index contributed by atoms with van der Waals surface area (Å²) in [4.78, 5) is 8.75. The van der Waals surface area contributed by atoms with Crippen LogP contribution in [-0.4, -0.2) is 23.0 Å². The van der Waals surface area contributed by atoms with Crippen molar-refractivity contribution in [1.82, 2.24) is 0 Å². The molecule has 0 amide bonds. The van der Waals surface area contributed by atoms with Gasteiger partial charge >= 0.3 is 5.69 Å². The number of benzene rings is 1. The summed E-state index contributed by atoms with van der Waals surface area (Å²) in [5.74, 6) is -0.815. The summed E-state index contributed by atoms with van der Waals surface area (Å²) in [7, 11) is -4.45. The fraction of sp³-hybridized carbons (Fsp3) is 0. The average Bonchev–Trinajstić information content (AvgIpc) is 2.01. The topological polar surface area (TPSA) is 118 Å². The van der Waals surface area contributed by atoms with Crippen LogP contribution < -0.4 is 0 Å². The van der Waals surface area contributed by atoms with Gasteiger partial charge < -0.3 is 5.11 Å². The molecule has 0 aromatic heterocycles. The van der Waals surface area contributed by atoms with Crippen LogP contribution >= 0.6 is 0 Å².